The van der Waals surface area contributed by atoms with Gasteiger partial charge in [0.1, 0.15) is 0 Å². The Labute approximate surface area is 153 Å². The van der Waals surface area contributed by atoms with Crippen molar-refractivity contribution in [1.82, 2.24) is 5.32 Å². The Bertz CT molecular complexity index is 807. The molecule has 0 aliphatic heterocycles. The first kappa shape index (κ1) is 20.4. The highest BCUT2D eigenvalue weighted by Gasteiger charge is 2.33. The van der Waals surface area contributed by atoms with Crippen LogP contribution in [0.5, 0.6) is 0 Å². The number of para-hydroxylation sites is 1. The minimum absolute atomic E-state index is 0.0190. The average Bonchev–Trinajstić information content (AvgIpc) is 2.59. The smallest absolute Gasteiger partial charge is 0.325 e. The second kappa shape index (κ2) is 8.63. The van der Waals surface area contributed by atoms with E-state index in [-0.39, 0.29) is 23.8 Å². The van der Waals surface area contributed by atoms with Gasteiger partial charge >= 0.3 is 6.18 Å². The highest BCUT2D eigenvalue weighted by atomic mass is 19.4. The van der Waals surface area contributed by atoms with Crippen LogP contribution in [0, 0.1) is 10.1 Å². The first-order valence-electron chi connectivity index (χ1n) is 8.09. The molecule has 0 saturated heterocycles. The molecule has 1 amide bonds. The Hall–Kier alpha value is -2.94. The molecule has 0 radical (unpaired) electrons. The summed E-state index contributed by atoms with van der Waals surface area (Å²) in [5, 5.41) is 16.0. The molecule has 2 rings (SSSR count). The number of hydrogen-bond donors (Lipinski definition) is 2. The molecule has 27 heavy (non-hydrogen) atoms. The van der Waals surface area contributed by atoms with Gasteiger partial charge in [-0.3, -0.25) is 14.9 Å². The number of benzene rings is 2. The first-order chi connectivity index (χ1) is 12.7. The van der Waals surface area contributed by atoms with Gasteiger partial charge in [-0.1, -0.05) is 24.3 Å². The molecule has 6 nitrogen and oxygen atoms in total. The first-order valence-corrected chi connectivity index (χ1v) is 8.09. The number of non-ortho nitro benzene ring substituents is 1. The summed E-state index contributed by atoms with van der Waals surface area (Å²) in [5.74, 6) is -0.546. The molecule has 9 heteroatoms. The molecular weight excluding hydrogens is 363 g/mol. The number of anilines is 1. The minimum atomic E-state index is -4.55. The second-order valence-corrected chi connectivity index (χ2v) is 6.00. The van der Waals surface area contributed by atoms with Crippen molar-refractivity contribution in [2.75, 3.05) is 5.32 Å². The van der Waals surface area contributed by atoms with Gasteiger partial charge in [-0.25, -0.2) is 0 Å². The maximum Gasteiger partial charge on any atom is 0.418 e. The predicted molar refractivity (Wildman–Crippen MR) is 94.1 cm³/mol. The topological polar surface area (TPSA) is 84.3 Å². The van der Waals surface area contributed by atoms with E-state index >= 15 is 0 Å². The van der Waals surface area contributed by atoms with Gasteiger partial charge in [0.2, 0.25) is 5.91 Å². The van der Waals surface area contributed by atoms with E-state index in [1.165, 1.54) is 30.3 Å². The fraction of sp³-hybridized carbons (Fsp3) is 0.278. The number of carbonyl (C=O) groups excluding carboxylic acids is 1. The predicted octanol–water partition coefficient (Wildman–Crippen LogP) is 4.12. The van der Waals surface area contributed by atoms with E-state index in [2.05, 4.69) is 10.6 Å². The van der Waals surface area contributed by atoms with Crippen LogP contribution in [-0.4, -0.2) is 16.9 Å². The third-order valence-corrected chi connectivity index (χ3v) is 3.80. The van der Waals surface area contributed by atoms with Crippen LogP contribution in [-0.2, 0) is 17.5 Å². The van der Waals surface area contributed by atoms with Crippen molar-refractivity contribution in [3.8, 4) is 0 Å². The van der Waals surface area contributed by atoms with Crippen molar-refractivity contribution in [3.63, 3.8) is 0 Å². The van der Waals surface area contributed by atoms with Crippen LogP contribution in [0.3, 0.4) is 0 Å². The fourth-order valence-corrected chi connectivity index (χ4v) is 2.42. The standard InChI is InChI=1S/C18H18F3N3O3/c1-12(22-11-13-6-8-14(9-7-13)24(26)27)10-17(25)23-16-5-3-2-4-15(16)18(19,20)21/h2-9,12,22H,10-11H2,1H3,(H,23,25). The van der Waals surface area contributed by atoms with Crippen molar-refractivity contribution < 1.29 is 22.9 Å². The number of amides is 1. The normalized spacial score (nSPS) is 12.4. The number of nitro benzene ring substituents is 1. The molecule has 1 unspecified atom stereocenters. The number of halogens is 3. The van der Waals surface area contributed by atoms with Crippen LogP contribution in [0.25, 0.3) is 0 Å². The summed E-state index contributed by atoms with van der Waals surface area (Å²) in [6, 6.07) is 10.4. The minimum Gasteiger partial charge on any atom is -0.325 e. The molecule has 0 spiro atoms. The average molecular weight is 381 g/mol. The lowest BCUT2D eigenvalue weighted by Gasteiger charge is -2.16. The zero-order chi connectivity index (χ0) is 20.0. The van der Waals surface area contributed by atoms with Crippen LogP contribution in [0.2, 0.25) is 0 Å². The number of rotatable bonds is 7. The molecule has 0 aromatic heterocycles. The molecule has 0 fully saturated rings. The molecule has 144 valence electrons. The Balaban J connectivity index is 1.88. The molecule has 0 bridgehead atoms. The number of nitrogens with one attached hydrogen (secondary N) is 2. The van der Waals surface area contributed by atoms with Gasteiger partial charge in [0.25, 0.3) is 5.69 Å². The third-order valence-electron chi connectivity index (χ3n) is 3.80. The van der Waals surface area contributed by atoms with E-state index in [1.807, 2.05) is 0 Å². The van der Waals surface area contributed by atoms with Crippen LogP contribution >= 0.6 is 0 Å². The Morgan fingerprint density at radius 3 is 2.37 bits per heavy atom. The zero-order valence-corrected chi connectivity index (χ0v) is 14.4. The highest BCUT2D eigenvalue weighted by molar-refractivity contribution is 5.92. The number of carbonyl (C=O) groups is 1. The summed E-state index contributed by atoms with van der Waals surface area (Å²) < 4.78 is 38.8. The summed E-state index contributed by atoms with van der Waals surface area (Å²) in [6.07, 6.45) is -4.58. The van der Waals surface area contributed by atoms with Crippen molar-refractivity contribution >= 4 is 17.3 Å². The quantitative estimate of drug-likeness (QED) is 0.558. The van der Waals surface area contributed by atoms with Crippen LogP contribution in [0.4, 0.5) is 24.5 Å². The Kier molecular flexibility index (Phi) is 6.51. The maximum absolute atomic E-state index is 12.9. The van der Waals surface area contributed by atoms with E-state index in [4.69, 9.17) is 0 Å². The van der Waals surface area contributed by atoms with E-state index in [1.54, 1.807) is 19.1 Å². The number of nitro groups is 1. The summed E-state index contributed by atoms with van der Waals surface area (Å²) in [5.41, 5.74) is -0.410. The Morgan fingerprint density at radius 1 is 1.15 bits per heavy atom. The summed E-state index contributed by atoms with van der Waals surface area (Å²) >= 11 is 0. The van der Waals surface area contributed by atoms with Gasteiger partial charge in [0.05, 0.1) is 16.2 Å². The number of nitrogens with zero attached hydrogens (tertiary/aromatic N) is 1. The fourth-order valence-electron chi connectivity index (χ4n) is 2.42. The molecule has 1 atom stereocenters. The molecule has 2 aromatic rings. The Morgan fingerprint density at radius 2 is 1.78 bits per heavy atom. The van der Waals surface area contributed by atoms with E-state index in [0.717, 1.165) is 11.6 Å². The molecular formula is C18H18F3N3O3. The van der Waals surface area contributed by atoms with Gasteiger partial charge in [0.15, 0.2) is 0 Å². The summed E-state index contributed by atoms with van der Waals surface area (Å²) in [6.45, 7) is 2.09. The third kappa shape index (κ3) is 6.07. The maximum atomic E-state index is 12.9. The van der Waals surface area contributed by atoms with Crippen molar-refractivity contribution in [2.24, 2.45) is 0 Å². The SMILES string of the molecule is CC(CC(=O)Nc1ccccc1C(F)(F)F)NCc1ccc([N+](=O)[O-])cc1. The largest absolute Gasteiger partial charge is 0.418 e. The van der Waals surface area contributed by atoms with E-state index in [9.17, 15) is 28.1 Å². The number of hydrogen-bond acceptors (Lipinski definition) is 4. The highest BCUT2D eigenvalue weighted by Crippen LogP contribution is 2.34. The van der Waals surface area contributed by atoms with Crippen LogP contribution < -0.4 is 10.6 Å². The van der Waals surface area contributed by atoms with Gasteiger partial charge < -0.3 is 10.6 Å². The monoisotopic (exact) mass is 381 g/mol. The van der Waals surface area contributed by atoms with Crippen molar-refractivity contribution in [1.29, 1.82) is 0 Å². The summed E-state index contributed by atoms with van der Waals surface area (Å²) in [4.78, 5) is 22.2. The van der Waals surface area contributed by atoms with Crippen LogP contribution in [0.1, 0.15) is 24.5 Å². The van der Waals surface area contributed by atoms with Gasteiger partial charge in [-0.15, -0.1) is 0 Å². The molecule has 0 saturated carbocycles. The second-order valence-electron chi connectivity index (χ2n) is 6.00. The van der Waals surface area contributed by atoms with Crippen LogP contribution in [0.15, 0.2) is 48.5 Å². The zero-order valence-electron chi connectivity index (χ0n) is 14.4. The van der Waals surface area contributed by atoms with E-state index in [0.29, 0.717) is 6.54 Å². The van der Waals surface area contributed by atoms with Gasteiger partial charge in [-0.2, -0.15) is 13.2 Å². The molecule has 0 aliphatic carbocycles. The lowest BCUT2D eigenvalue weighted by molar-refractivity contribution is -0.384. The van der Waals surface area contributed by atoms with Crippen molar-refractivity contribution in [2.45, 2.75) is 32.1 Å². The molecule has 2 N–H and O–H groups in total. The number of alkyl halides is 3. The lowest BCUT2D eigenvalue weighted by Crippen LogP contribution is -2.30. The molecule has 0 aliphatic rings. The summed E-state index contributed by atoms with van der Waals surface area (Å²) in [7, 11) is 0. The molecule has 2 aromatic carbocycles. The van der Waals surface area contributed by atoms with Gasteiger partial charge in [0, 0.05) is 31.1 Å². The van der Waals surface area contributed by atoms with Gasteiger partial charge in [-0.05, 0) is 24.6 Å². The lowest BCUT2D eigenvalue weighted by atomic mass is 10.1. The molecule has 0 heterocycles. The van der Waals surface area contributed by atoms with E-state index < -0.39 is 22.6 Å². The van der Waals surface area contributed by atoms with Crippen molar-refractivity contribution in [3.05, 3.63) is 69.8 Å².